The third-order valence-corrected chi connectivity index (χ3v) is 5.96. The highest BCUT2D eigenvalue weighted by Gasteiger charge is 2.23. The van der Waals surface area contributed by atoms with E-state index in [-0.39, 0.29) is 18.0 Å². The summed E-state index contributed by atoms with van der Waals surface area (Å²) in [6.07, 6.45) is 19.2. The molecule has 0 spiro atoms. The van der Waals surface area contributed by atoms with E-state index in [9.17, 15) is 9.59 Å². The molecule has 1 saturated carbocycles. The number of carbonyl (C=O) groups excluding carboxylic acids is 2. The first-order chi connectivity index (χ1) is 14.6. The minimum atomic E-state index is -0.165. The zero-order chi connectivity index (χ0) is 21.9. The van der Waals surface area contributed by atoms with Gasteiger partial charge in [0.1, 0.15) is 6.10 Å². The second kappa shape index (κ2) is 18.7. The van der Waals surface area contributed by atoms with Gasteiger partial charge in [-0.05, 0) is 51.5 Å². The molecular weight excluding hydrogens is 378 g/mol. The van der Waals surface area contributed by atoms with E-state index in [2.05, 4.69) is 12.2 Å². The first-order valence-corrected chi connectivity index (χ1v) is 12.7. The first-order valence-electron chi connectivity index (χ1n) is 12.7. The second-order valence-corrected chi connectivity index (χ2v) is 8.91. The maximum atomic E-state index is 11.8. The summed E-state index contributed by atoms with van der Waals surface area (Å²) < 4.78 is 10.7. The summed E-state index contributed by atoms with van der Waals surface area (Å²) in [4.78, 5) is 22.9. The van der Waals surface area contributed by atoms with Crippen LogP contribution >= 0.6 is 0 Å². The highest BCUT2D eigenvalue weighted by molar-refractivity contribution is 5.69. The molecule has 0 radical (unpaired) electrons. The molecule has 0 aromatic carbocycles. The highest BCUT2D eigenvalue weighted by Crippen LogP contribution is 2.21. The molecular formula is C25H47NO4. The van der Waals surface area contributed by atoms with E-state index in [1.54, 1.807) is 0 Å². The molecule has 1 aliphatic rings. The van der Waals surface area contributed by atoms with Crippen molar-refractivity contribution in [1.82, 2.24) is 5.32 Å². The number of nitrogens with one attached hydrogen (secondary N) is 1. The molecule has 0 heterocycles. The predicted octanol–water partition coefficient (Wildman–Crippen LogP) is 6.08. The Morgan fingerprint density at radius 3 is 2.27 bits per heavy atom. The summed E-state index contributed by atoms with van der Waals surface area (Å²) in [5.41, 5.74) is 0. The van der Waals surface area contributed by atoms with Crippen LogP contribution in [0.25, 0.3) is 0 Å². The molecule has 1 aliphatic carbocycles. The molecule has 0 aliphatic heterocycles. The molecule has 0 aromatic heterocycles. The Balaban J connectivity index is 1.84. The van der Waals surface area contributed by atoms with E-state index in [0.717, 1.165) is 51.5 Å². The Hall–Kier alpha value is -1.10. The predicted molar refractivity (Wildman–Crippen MR) is 122 cm³/mol. The third kappa shape index (κ3) is 15.7. The fraction of sp³-hybridized carbons (Fsp3) is 0.920. The molecule has 0 bridgehead atoms. The van der Waals surface area contributed by atoms with Crippen molar-refractivity contribution in [2.45, 2.75) is 135 Å². The Kier molecular flexibility index (Phi) is 16.7. The van der Waals surface area contributed by atoms with E-state index >= 15 is 0 Å². The van der Waals surface area contributed by atoms with Gasteiger partial charge in [-0.2, -0.15) is 0 Å². The van der Waals surface area contributed by atoms with Crippen molar-refractivity contribution in [3.05, 3.63) is 0 Å². The van der Waals surface area contributed by atoms with Gasteiger partial charge in [0.05, 0.1) is 6.61 Å². The van der Waals surface area contributed by atoms with Gasteiger partial charge in [0.15, 0.2) is 0 Å². The monoisotopic (exact) mass is 425 g/mol. The summed E-state index contributed by atoms with van der Waals surface area (Å²) in [5.74, 6) is -0.190. The summed E-state index contributed by atoms with van der Waals surface area (Å²) in [6.45, 7) is 5.35. The Labute approximate surface area is 185 Å². The lowest BCUT2D eigenvalue weighted by atomic mass is 9.92. The van der Waals surface area contributed by atoms with Crippen LogP contribution in [0, 0.1) is 0 Å². The van der Waals surface area contributed by atoms with E-state index in [4.69, 9.17) is 9.47 Å². The molecule has 0 aromatic rings. The minimum Gasteiger partial charge on any atom is -0.466 e. The lowest BCUT2D eigenvalue weighted by Gasteiger charge is -2.29. The van der Waals surface area contributed by atoms with Crippen molar-refractivity contribution in [2.75, 3.05) is 13.2 Å². The third-order valence-electron chi connectivity index (χ3n) is 5.96. The lowest BCUT2D eigenvalue weighted by molar-refractivity contribution is -0.148. The first kappa shape index (κ1) is 26.9. The number of ether oxygens (including phenoxy) is 2. The molecule has 30 heavy (non-hydrogen) atoms. The maximum absolute atomic E-state index is 11.8. The fourth-order valence-electron chi connectivity index (χ4n) is 4.22. The van der Waals surface area contributed by atoms with E-state index in [0.29, 0.717) is 19.1 Å². The van der Waals surface area contributed by atoms with Gasteiger partial charge in [-0.3, -0.25) is 9.59 Å². The van der Waals surface area contributed by atoms with E-state index < -0.39 is 0 Å². The minimum absolute atomic E-state index is 0.0257. The van der Waals surface area contributed by atoms with Gasteiger partial charge in [-0.15, -0.1) is 0 Å². The van der Waals surface area contributed by atoms with Gasteiger partial charge in [0.25, 0.3) is 0 Å². The quantitative estimate of drug-likeness (QED) is 0.213. The SMILES string of the molecule is CCCCCCCCCOC(=O)CCCCCCCNC1CCCC(OC(C)=O)C1. The van der Waals surface area contributed by atoms with Crippen molar-refractivity contribution in [2.24, 2.45) is 0 Å². The van der Waals surface area contributed by atoms with Gasteiger partial charge in [-0.1, -0.05) is 64.7 Å². The van der Waals surface area contributed by atoms with Crippen LogP contribution in [0.5, 0.6) is 0 Å². The molecule has 0 saturated heterocycles. The normalized spacial score (nSPS) is 18.9. The molecule has 5 nitrogen and oxygen atoms in total. The van der Waals surface area contributed by atoms with Crippen LogP contribution in [-0.4, -0.2) is 37.2 Å². The zero-order valence-electron chi connectivity index (χ0n) is 19.7. The molecule has 1 fully saturated rings. The molecule has 176 valence electrons. The number of hydrogen-bond donors (Lipinski definition) is 1. The topological polar surface area (TPSA) is 64.6 Å². The van der Waals surface area contributed by atoms with Crippen molar-refractivity contribution < 1.29 is 19.1 Å². The number of rotatable bonds is 18. The zero-order valence-corrected chi connectivity index (χ0v) is 19.7. The Morgan fingerprint density at radius 2 is 1.53 bits per heavy atom. The fourth-order valence-corrected chi connectivity index (χ4v) is 4.22. The summed E-state index contributed by atoms with van der Waals surface area (Å²) in [5, 5.41) is 3.62. The molecule has 0 amide bonds. The van der Waals surface area contributed by atoms with Crippen LogP contribution in [-0.2, 0) is 19.1 Å². The number of unbranched alkanes of at least 4 members (excludes halogenated alkanes) is 10. The molecule has 2 atom stereocenters. The van der Waals surface area contributed by atoms with Crippen LogP contribution in [0.3, 0.4) is 0 Å². The standard InChI is InChI=1S/C25H47NO4/c1-3-4-5-6-7-11-14-20-29-25(28)18-12-9-8-10-13-19-26-23-16-15-17-24(21-23)30-22(2)27/h23-24,26H,3-21H2,1-2H3. The van der Waals surface area contributed by atoms with E-state index in [1.165, 1.54) is 64.7 Å². The number of hydrogen-bond acceptors (Lipinski definition) is 5. The second-order valence-electron chi connectivity index (χ2n) is 8.91. The smallest absolute Gasteiger partial charge is 0.305 e. The van der Waals surface area contributed by atoms with Crippen molar-refractivity contribution in [3.63, 3.8) is 0 Å². The van der Waals surface area contributed by atoms with Crippen molar-refractivity contribution in [3.8, 4) is 0 Å². The van der Waals surface area contributed by atoms with E-state index in [1.807, 2.05) is 0 Å². The number of carbonyl (C=O) groups is 2. The van der Waals surface area contributed by atoms with Crippen molar-refractivity contribution >= 4 is 11.9 Å². The molecule has 1 rings (SSSR count). The van der Waals surface area contributed by atoms with Crippen LogP contribution in [0.2, 0.25) is 0 Å². The van der Waals surface area contributed by atoms with Crippen LogP contribution in [0.1, 0.15) is 123 Å². The van der Waals surface area contributed by atoms with Crippen LogP contribution < -0.4 is 5.32 Å². The Bertz CT molecular complexity index is 441. The molecule has 5 heteroatoms. The summed E-state index contributed by atoms with van der Waals surface area (Å²) in [7, 11) is 0. The van der Waals surface area contributed by atoms with Crippen LogP contribution in [0.4, 0.5) is 0 Å². The van der Waals surface area contributed by atoms with Gasteiger partial charge in [0, 0.05) is 19.4 Å². The Morgan fingerprint density at radius 1 is 0.867 bits per heavy atom. The largest absolute Gasteiger partial charge is 0.466 e. The van der Waals surface area contributed by atoms with Gasteiger partial charge >= 0.3 is 11.9 Å². The highest BCUT2D eigenvalue weighted by atomic mass is 16.5. The lowest BCUT2D eigenvalue weighted by Crippen LogP contribution is -2.38. The summed E-state index contributed by atoms with van der Waals surface area (Å²) >= 11 is 0. The van der Waals surface area contributed by atoms with Gasteiger partial charge in [-0.25, -0.2) is 0 Å². The van der Waals surface area contributed by atoms with Gasteiger partial charge in [0.2, 0.25) is 0 Å². The average Bonchev–Trinajstić information content (AvgIpc) is 2.71. The van der Waals surface area contributed by atoms with Crippen LogP contribution in [0.15, 0.2) is 0 Å². The van der Waals surface area contributed by atoms with Gasteiger partial charge < -0.3 is 14.8 Å². The number of esters is 2. The molecule has 2 unspecified atom stereocenters. The van der Waals surface area contributed by atoms with Crippen molar-refractivity contribution in [1.29, 1.82) is 0 Å². The maximum Gasteiger partial charge on any atom is 0.305 e. The molecule has 1 N–H and O–H groups in total. The average molecular weight is 426 g/mol. The summed E-state index contributed by atoms with van der Waals surface area (Å²) in [6, 6.07) is 0.481.